The number of ether oxygens (including phenoxy) is 2. The zero-order chi connectivity index (χ0) is 17.1. The van der Waals surface area contributed by atoms with Crippen LogP contribution >= 0.6 is 0 Å². The SMILES string of the molecule is COc1ccc(OC)c([C@H]2CCC[NH+]2CC(=O)N2CCNC2=O)c1. The number of hydrogen-bond acceptors (Lipinski definition) is 4. The van der Waals surface area contributed by atoms with Gasteiger partial charge in [-0.2, -0.15) is 0 Å². The van der Waals surface area contributed by atoms with Gasteiger partial charge in [-0.1, -0.05) is 0 Å². The van der Waals surface area contributed by atoms with Gasteiger partial charge < -0.3 is 19.7 Å². The minimum atomic E-state index is -0.283. The second-order valence-corrected chi connectivity index (χ2v) is 6.17. The molecule has 1 aromatic carbocycles. The highest BCUT2D eigenvalue weighted by Gasteiger charge is 2.36. The number of carbonyl (C=O) groups is 2. The molecule has 0 spiro atoms. The molecule has 0 aliphatic carbocycles. The fourth-order valence-corrected chi connectivity index (χ4v) is 3.61. The van der Waals surface area contributed by atoms with Crippen LogP contribution in [0, 0.1) is 0 Å². The Hall–Kier alpha value is -2.28. The van der Waals surface area contributed by atoms with E-state index in [2.05, 4.69) is 5.32 Å². The summed E-state index contributed by atoms with van der Waals surface area (Å²) >= 11 is 0. The molecule has 2 heterocycles. The Labute approximate surface area is 141 Å². The standard InChI is InChI=1S/C17H23N3O4/c1-23-12-5-6-15(24-2)13(10-12)14-4-3-8-19(14)11-16(21)20-9-7-18-17(20)22/h5-6,10,14H,3-4,7-9,11H2,1-2H3,(H,18,22)/p+1/t14-/m1/s1. The van der Waals surface area contributed by atoms with Crippen molar-refractivity contribution in [1.29, 1.82) is 0 Å². The van der Waals surface area contributed by atoms with Gasteiger partial charge in [0.05, 0.1) is 26.3 Å². The monoisotopic (exact) mass is 334 g/mol. The van der Waals surface area contributed by atoms with E-state index in [1.807, 2.05) is 18.2 Å². The number of rotatable bonds is 5. The molecule has 0 aromatic heterocycles. The van der Waals surface area contributed by atoms with E-state index in [0.717, 1.165) is 36.4 Å². The summed E-state index contributed by atoms with van der Waals surface area (Å²) in [5, 5.41) is 2.67. The van der Waals surface area contributed by atoms with E-state index < -0.39 is 0 Å². The molecule has 3 rings (SSSR count). The first-order chi connectivity index (χ1) is 11.6. The van der Waals surface area contributed by atoms with Crippen LogP contribution < -0.4 is 19.7 Å². The Morgan fingerprint density at radius 1 is 1.38 bits per heavy atom. The van der Waals surface area contributed by atoms with Crippen LogP contribution in [0.25, 0.3) is 0 Å². The fourth-order valence-electron chi connectivity index (χ4n) is 3.61. The first-order valence-electron chi connectivity index (χ1n) is 8.28. The Morgan fingerprint density at radius 3 is 2.88 bits per heavy atom. The van der Waals surface area contributed by atoms with Crippen molar-refractivity contribution in [3.05, 3.63) is 23.8 Å². The maximum atomic E-state index is 12.5. The number of likely N-dealkylation sites (tertiary alicyclic amines) is 1. The van der Waals surface area contributed by atoms with E-state index >= 15 is 0 Å². The lowest BCUT2D eigenvalue weighted by Crippen LogP contribution is -3.11. The number of benzene rings is 1. The summed E-state index contributed by atoms with van der Waals surface area (Å²) in [4.78, 5) is 26.6. The molecular formula is C17H24N3O4+. The van der Waals surface area contributed by atoms with Gasteiger partial charge in [0.1, 0.15) is 17.5 Å². The Balaban J connectivity index is 1.78. The van der Waals surface area contributed by atoms with E-state index in [-0.39, 0.29) is 18.0 Å². The first-order valence-corrected chi connectivity index (χ1v) is 8.28. The second kappa shape index (κ2) is 7.09. The molecule has 1 aromatic rings. The van der Waals surface area contributed by atoms with Crippen LogP contribution in [0.5, 0.6) is 11.5 Å². The predicted molar refractivity (Wildman–Crippen MR) is 87.3 cm³/mol. The summed E-state index contributed by atoms with van der Waals surface area (Å²) in [6.07, 6.45) is 2.03. The summed E-state index contributed by atoms with van der Waals surface area (Å²) in [5.41, 5.74) is 1.06. The third kappa shape index (κ3) is 3.17. The van der Waals surface area contributed by atoms with E-state index in [1.54, 1.807) is 14.2 Å². The Bertz CT molecular complexity index is 634. The number of hydrogen-bond donors (Lipinski definition) is 2. The largest absolute Gasteiger partial charge is 0.497 e. The maximum absolute atomic E-state index is 12.5. The number of carbonyl (C=O) groups excluding carboxylic acids is 2. The molecule has 0 saturated carbocycles. The van der Waals surface area contributed by atoms with Crippen LogP contribution in [0.3, 0.4) is 0 Å². The molecule has 3 amide bonds. The summed E-state index contributed by atoms with van der Waals surface area (Å²) in [5.74, 6) is 1.47. The summed E-state index contributed by atoms with van der Waals surface area (Å²) in [7, 11) is 3.29. The van der Waals surface area contributed by atoms with Gasteiger partial charge in [0.15, 0.2) is 6.54 Å². The van der Waals surface area contributed by atoms with Crippen molar-refractivity contribution in [2.24, 2.45) is 0 Å². The van der Waals surface area contributed by atoms with Gasteiger partial charge in [0.2, 0.25) is 0 Å². The van der Waals surface area contributed by atoms with Crippen molar-refractivity contribution in [3.63, 3.8) is 0 Å². The average molecular weight is 334 g/mol. The minimum Gasteiger partial charge on any atom is -0.497 e. The molecule has 7 heteroatoms. The van der Waals surface area contributed by atoms with E-state index in [4.69, 9.17) is 9.47 Å². The lowest BCUT2D eigenvalue weighted by molar-refractivity contribution is -0.910. The lowest BCUT2D eigenvalue weighted by Gasteiger charge is -2.24. The van der Waals surface area contributed by atoms with Crippen molar-refractivity contribution in [1.82, 2.24) is 10.2 Å². The summed E-state index contributed by atoms with van der Waals surface area (Å²) < 4.78 is 10.8. The quantitative estimate of drug-likeness (QED) is 0.794. The molecule has 0 radical (unpaired) electrons. The van der Waals surface area contributed by atoms with Gasteiger partial charge in [-0.15, -0.1) is 0 Å². The molecule has 24 heavy (non-hydrogen) atoms. The average Bonchev–Trinajstić information content (AvgIpc) is 3.23. The number of amides is 3. The summed E-state index contributed by atoms with van der Waals surface area (Å²) in [6.45, 7) is 2.22. The van der Waals surface area contributed by atoms with E-state index in [0.29, 0.717) is 19.6 Å². The second-order valence-electron chi connectivity index (χ2n) is 6.17. The van der Waals surface area contributed by atoms with Crippen LogP contribution in [0.15, 0.2) is 18.2 Å². The molecule has 130 valence electrons. The van der Waals surface area contributed by atoms with E-state index in [9.17, 15) is 9.59 Å². The highest BCUT2D eigenvalue weighted by atomic mass is 16.5. The van der Waals surface area contributed by atoms with Crippen molar-refractivity contribution in [2.45, 2.75) is 18.9 Å². The van der Waals surface area contributed by atoms with Gasteiger partial charge in [0, 0.05) is 25.9 Å². The van der Waals surface area contributed by atoms with Crippen molar-refractivity contribution >= 4 is 11.9 Å². The van der Waals surface area contributed by atoms with Crippen molar-refractivity contribution < 1.29 is 24.0 Å². The van der Waals surface area contributed by atoms with Crippen LogP contribution in [0.1, 0.15) is 24.4 Å². The number of urea groups is 1. The smallest absolute Gasteiger partial charge is 0.324 e. The molecule has 0 bridgehead atoms. The van der Waals surface area contributed by atoms with Gasteiger partial charge in [-0.05, 0) is 18.2 Å². The topological polar surface area (TPSA) is 72.3 Å². The molecule has 2 N–H and O–H groups in total. The molecule has 2 saturated heterocycles. The Kier molecular flexibility index (Phi) is 4.89. The highest BCUT2D eigenvalue weighted by molar-refractivity contribution is 5.96. The van der Waals surface area contributed by atoms with Crippen LogP contribution in [-0.2, 0) is 4.79 Å². The number of nitrogens with zero attached hydrogens (tertiary/aromatic N) is 1. The fraction of sp³-hybridized carbons (Fsp3) is 0.529. The van der Waals surface area contributed by atoms with Gasteiger partial charge in [0.25, 0.3) is 5.91 Å². The van der Waals surface area contributed by atoms with Gasteiger partial charge >= 0.3 is 6.03 Å². The van der Waals surface area contributed by atoms with Crippen LogP contribution in [0.2, 0.25) is 0 Å². The molecule has 7 nitrogen and oxygen atoms in total. The van der Waals surface area contributed by atoms with Crippen molar-refractivity contribution in [2.75, 3.05) is 40.4 Å². The molecule has 1 unspecified atom stereocenters. The predicted octanol–water partition coefficient (Wildman–Crippen LogP) is -0.0246. The van der Waals surface area contributed by atoms with Gasteiger partial charge in [-0.25, -0.2) is 4.79 Å². The molecule has 2 aliphatic rings. The number of methoxy groups -OCH3 is 2. The first kappa shape index (κ1) is 16.6. The Morgan fingerprint density at radius 2 is 2.21 bits per heavy atom. The van der Waals surface area contributed by atoms with Crippen LogP contribution in [0.4, 0.5) is 4.79 Å². The number of imide groups is 1. The molecule has 2 atom stereocenters. The lowest BCUT2D eigenvalue weighted by atomic mass is 10.0. The maximum Gasteiger partial charge on any atom is 0.324 e. The van der Waals surface area contributed by atoms with Crippen molar-refractivity contribution in [3.8, 4) is 11.5 Å². The number of quaternary nitrogens is 1. The molecule has 2 aliphatic heterocycles. The third-order valence-corrected chi connectivity index (χ3v) is 4.83. The highest BCUT2D eigenvalue weighted by Crippen LogP contribution is 2.31. The molecule has 2 fully saturated rings. The normalized spacial score (nSPS) is 23.2. The zero-order valence-electron chi connectivity index (χ0n) is 14.1. The van der Waals surface area contributed by atoms with E-state index in [1.165, 1.54) is 9.80 Å². The molecular weight excluding hydrogens is 310 g/mol. The van der Waals surface area contributed by atoms with Gasteiger partial charge in [-0.3, -0.25) is 9.69 Å². The van der Waals surface area contributed by atoms with Crippen LogP contribution in [-0.4, -0.2) is 57.2 Å². The summed E-state index contributed by atoms with van der Waals surface area (Å²) in [6, 6.07) is 5.65. The third-order valence-electron chi connectivity index (χ3n) is 4.83. The zero-order valence-corrected chi connectivity index (χ0v) is 14.1. The number of nitrogens with one attached hydrogen (secondary N) is 2. The minimum absolute atomic E-state index is 0.117.